The monoisotopic (exact) mass is 274 g/mol. The van der Waals surface area contributed by atoms with Gasteiger partial charge in [-0.1, -0.05) is 0 Å². The summed E-state index contributed by atoms with van der Waals surface area (Å²) in [5.74, 6) is -0.292. The Hall–Kier alpha value is -2.50. The molecule has 0 saturated heterocycles. The second kappa shape index (κ2) is 6.10. The van der Waals surface area contributed by atoms with E-state index in [-0.39, 0.29) is 29.4 Å². The first kappa shape index (κ1) is 13.9. The van der Waals surface area contributed by atoms with Crippen LogP contribution in [0.25, 0.3) is 0 Å². The Morgan fingerprint density at radius 1 is 1.20 bits per heavy atom. The summed E-state index contributed by atoms with van der Waals surface area (Å²) in [4.78, 5) is 20.0. The van der Waals surface area contributed by atoms with E-state index in [9.17, 15) is 9.18 Å². The van der Waals surface area contributed by atoms with Crippen molar-refractivity contribution in [2.24, 2.45) is 0 Å². The van der Waals surface area contributed by atoms with Crippen LogP contribution in [0.1, 0.15) is 24.3 Å². The highest BCUT2D eigenvalue weighted by molar-refractivity contribution is 5.92. The van der Waals surface area contributed by atoms with E-state index in [1.54, 1.807) is 12.1 Å². The molecule has 0 radical (unpaired) electrons. The minimum atomic E-state index is -0.318. The number of aromatic nitrogens is 2. The quantitative estimate of drug-likeness (QED) is 0.899. The largest absolute Gasteiger partial charge is 0.349 e. The molecule has 2 rings (SSSR count). The Kier molecular flexibility index (Phi) is 4.24. The molecule has 1 aromatic heterocycles. The van der Waals surface area contributed by atoms with Crippen molar-refractivity contribution in [3.63, 3.8) is 0 Å². The minimum Gasteiger partial charge on any atom is -0.349 e. The first-order valence-electron chi connectivity index (χ1n) is 6.21. The van der Waals surface area contributed by atoms with Crippen LogP contribution in [0, 0.1) is 5.82 Å². The molecule has 0 aliphatic heterocycles. The van der Waals surface area contributed by atoms with Crippen molar-refractivity contribution >= 4 is 17.5 Å². The molecule has 0 fully saturated rings. The average molecular weight is 274 g/mol. The third-order valence-electron chi connectivity index (χ3n) is 2.41. The second-order valence-electron chi connectivity index (χ2n) is 4.53. The third-order valence-corrected chi connectivity index (χ3v) is 2.41. The highest BCUT2D eigenvalue weighted by atomic mass is 19.1. The van der Waals surface area contributed by atoms with Crippen molar-refractivity contribution in [1.82, 2.24) is 15.3 Å². The van der Waals surface area contributed by atoms with Gasteiger partial charge < -0.3 is 10.6 Å². The summed E-state index contributed by atoms with van der Waals surface area (Å²) in [5, 5.41) is 5.66. The zero-order chi connectivity index (χ0) is 14.5. The van der Waals surface area contributed by atoms with Crippen LogP contribution in [0.15, 0.2) is 36.5 Å². The van der Waals surface area contributed by atoms with Gasteiger partial charge in [-0.25, -0.2) is 14.4 Å². The first-order valence-corrected chi connectivity index (χ1v) is 6.21. The molecule has 0 aliphatic carbocycles. The van der Waals surface area contributed by atoms with E-state index in [4.69, 9.17) is 0 Å². The molecule has 1 amide bonds. The molecule has 2 aromatic rings. The number of carbonyl (C=O) groups excluding carboxylic acids is 1. The lowest BCUT2D eigenvalue weighted by molar-refractivity contribution is 0.0938. The molecule has 0 spiro atoms. The first-order chi connectivity index (χ1) is 9.54. The fraction of sp³-hybridized carbons (Fsp3) is 0.214. The Bertz CT molecular complexity index is 598. The van der Waals surface area contributed by atoms with E-state index in [1.807, 2.05) is 13.8 Å². The van der Waals surface area contributed by atoms with Crippen molar-refractivity contribution in [3.8, 4) is 0 Å². The predicted molar refractivity (Wildman–Crippen MR) is 74.3 cm³/mol. The molecule has 2 N–H and O–H groups in total. The molecule has 1 aromatic carbocycles. The molecule has 1 heterocycles. The SMILES string of the molecule is CC(C)NC(=O)c1ccnc(Nc2ccc(F)cc2)n1. The van der Waals surface area contributed by atoms with Crippen LogP contribution in [0.5, 0.6) is 0 Å². The maximum Gasteiger partial charge on any atom is 0.270 e. The van der Waals surface area contributed by atoms with Crippen molar-refractivity contribution in [2.45, 2.75) is 19.9 Å². The van der Waals surface area contributed by atoms with Gasteiger partial charge in [0.1, 0.15) is 11.5 Å². The van der Waals surface area contributed by atoms with E-state index < -0.39 is 0 Å². The Labute approximate surface area is 116 Å². The minimum absolute atomic E-state index is 0.0333. The van der Waals surface area contributed by atoms with Gasteiger partial charge in [0.15, 0.2) is 0 Å². The summed E-state index contributed by atoms with van der Waals surface area (Å²) < 4.78 is 12.8. The molecule has 6 heteroatoms. The Morgan fingerprint density at radius 2 is 1.90 bits per heavy atom. The Balaban J connectivity index is 2.13. The van der Waals surface area contributed by atoms with E-state index in [2.05, 4.69) is 20.6 Å². The lowest BCUT2D eigenvalue weighted by Crippen LogP contribution is -2.30. The smallest absolute Gasteiger partial charge is 0.270 e. The number of hydrogen-bond acceptors (Lipinski definition) is 4. The molecule has 0 atom stereocenters. The van der Waals surface area contributed by atoms with Crippen molar-refractivity contribution in [3.05, 3.63) is 48.0 Å². The van der Waals surface area contributed by atoms with Crippen molar-refractivity contribution in [2.75, 3.05) is 5.32 Å². The second-order valence-corrected chi connectivity index (χ2v) is 4.53. The summed E-state index contributed by atoms with van der Waals surface area (Å²) in [6, 6.07) is 7.37. The fourth-order valence-electron chi connectivity index (χ4n) is 1.54. The van der Waals surface area contributed by atoms with Gasteiger partial charge in [-0.15, -0.1) is 0 Å². The lowest BCUT2D eigenvalue weighted by Gasteiger charge is -2.09. The van der Waals surface area contributed by atoms with Gasteiger partial charge in [0.05, 0.1) is 0 Å². The van der Waals surface area contributed by atoms with Crippen molar-refractivity contribution in [1.29, 1.82) is 0 Å². The summed E-state index contributed by atoms with van der Waals surface area (Å²) in [5.41, 5.74) is 0.922. The van der Waals surface area contributed by atoms with Gasteiger partial charge in [0, 0.05) is 17.9 Å². The van der Waals surface area contributed by atoms with E-state index in [0.717, 1.165) is 0 Å². The van der Waals surface area contributed by atoms with Gasteiger partial charge in [-0.05, 0) is 44.2 Å². The number of rotatable bonds is 4. The van der Waals surface area contributed by atoms with Crippen LogP contribution in [0.2, 0.25) is 0 Å². The number of nitrogens with zero attached hydrogens (tertiary/aromatic N) is 2. The van der Waals surface area contributed by atoms with Gasteiger partial charge in [0.2, 0.25) is 5.95 Å². The van der Waals surface area contributed by atoms with Crippen LogP contribution < -0.4 is 10.6 Å². The molecule has 0 bridgehead atoms. The zero-order valence-corrected chi connectivity index (χ0v) is 11.2. The highest BCUT2D eigenvalue weighted by Gasteiger charge is 2.09. The lowest BCUT2D eigenvalue weighted by atomic mass is 10.3. The van der Waals surface area contributed by atoms with Gasteiger partial charge in [-0.3, -0.25) is 4.79 Å². The molecule has 5 nitrogen and oxygen atoms in total. The summed E-state index contributed by atoms with van der Waals surface area (Å²) in [7, 11) is 0. The predicted octanol–water partition coefficient (Wildman–Crippen LogP) is 2.50. The van der Waals surface area contributed by atoms with Crippen LogP contribution in [-0.2, 0) is 0 Å². The number of nitrogens with one attached hydrogen (secondary N) is 2. The summed E-state index contributed by atoms with van der Waals surface area (Å²) in [6.07, 6.45) is 1.49. The van der Waals surface area contributed by atoms with Gasteiger partial charge in [-0.2, -0.15) is 0 Å². The van der Waals surface area contributed by atoms with Gasteiger partial charge in [0.25, 0.3) is 5.91 Å². The van der Waals surface area contributed by atoms with Crippen molar-refractivity contribution < 1.29 is 9.18 Å². The molecule has 20 heavy (non-hydrogen) atoms. The van der Waals surface area contributed by atoms with Crippen LogP contribution in [0.3, 0.4) is 0 Å². The van der Waals surface area contributed by atoms with Crippen LogP contribution in [-0.4, -0.2) is 21.9 Å². The summed E-state index contributed by atoms with van der Waals surface area (Å²) >= 11 is 0. The molecule has 0 unspecified atom stereocenters. The highest BCUT2D eigenvalue weighted by Crippen LogP contribution is 2.13. The number of amides is 1. The van der Waals surface area contributed by atoms with Crippen LogP contribution in [0.4, 0.5) is 16.0 Å². The zero-order valence-electron chi connectivity index (χ0n) is 11.2. The number of benzene rings is 1. The number of halogens is 1. The van der Waals surface area contributed by atoms with E-state index in [0.29, 0.717) is 5.69 Å². The normalized spacial score (nSPS) is 10.4. The maximum atomic E-state index is 12.8. The molecular formula is C14H15FN4O. The fourth-order valence-corrected chi connectivity index (χ4v) is 1.54. The molecule has 104 valence electrons. The third kappa shape index (κ3) is 3.74. The van der Waals surface area contributed by atoms with E-state index in [1.165, 1.54) is 24.4 Å². The average Bonchev–Trinajstić information content (AvgIpc) is 2.41. The van der Waals surface area contributed by atoms with E-state index >= 15 is 0 Å². The molecule has 0 saturated carbocycles. The van der Waals surface area contributed by atoms with Gasteiger partial charge >= 0.3 is 0 Å². The number of carbonyl (C=O) groups is 1. The standard InChI is InChI=1S/C14H15FN4O/c1-9(2)17-13(20)12-7-8-16-14(19-12)18-11-5-3-10(15)4-6-11/h3-9H,1-2H3,(H,17,20)(H,16,18,19). The Morgan fingerprint density at radius 3 is 2.55 bits per heavy atom. The number of hydrogen-bond donors (Lipinski definition) is 2. The molecule has 0 aliphatic rings. The topological polar surface area (TPSA) is 66.9 Å². The maximum absolute atomic E-state index is 12.8. The number of anilines is 2. The van der Waals surface area contributed by atoms with Crippen LogP contribution >= 0.6 is 0 Å². The summed E-state index contributed by atoms with van der Waals surface area (Å²) in [6.45, 7) is 3.74. The molecular weight excluding hydrogens is 259 g/mol.